The van der Waals surface area contributed by atoms with Gasteiger partial charge in [-0.15, -0.1) is 0 Å². The molecule has 0 heterocycles. The minimum Gasteiger partial charge on any atom is -0.386 e. The molecule has 0 saturated heterocycles. The molecule has 1 nitrogen and oxygen atoms in total. The predicted molar refractivity (Wildman–Crippen MR) is 93.2 cm³/mol. The number of allylic oxidation sites excluding steroid dienone is 4. The van der Waals surface area contributed by atoms with Crippen LogP contribution >= 0.6 is 63.7 Å². The summed E-state index contributed by atoms with van der Waals surface area (Å²) in [6.07, 6.45) is 1.90. The van der Waals surface area contributed by atoms with Crippen LogP contribution in [0.3, 0.4) is 0 Å². The normalized spacial score (nSPS) is 13.0. The van der Waals surface area contributed by atoms with Gasteiger partial charge in [-0.05, 0) is 53.4 Å². The van der Waals surface area contributed by atoms with Crippen LogP contribution in [0.4, 0.5) is 0 Å². The maximum absolute atomic E-state index is 3.80. The summed E-state index contributed by atoms with van der Waals surface area (Å²) in [5, 5.41) is 3.24. The molecule has 1 N–H and O–H groups in total. The third-order valence-corrected chi connectivity index (χ3v) is 6.34. The Balaban J connectivity index is 2.63. The molecule has 1 aromatic rings. The third-order valence-electron chi connectivity index (χ3n) is 2.02. The maximum Gasteiger partial charge on any atom is 0.0486 e. The van der Waals surface area contributed by atoms with Crippen LogP contribution < -0.4 is 5.32 Å². The zero-order valence-electron chi connectivity index (χ0n) is 9.39. The Morgan fingerprint density at radius 3 is 2.22 bits per heavy atom. The lowest BCUT2D eigenvalue weighted by Gasteiger charge is -2.05. The number of hydrogen-bond donors (Lipinski definition) is 1. The first-order valence-electron chi connectivity index (χ1n) is 5.05. The first kappa shape index (κ1) is 16.2. The van der Waals surface area contributed by atoms with E-state index in [1.54, 1.807) is 0 Å². The van der Waals surface area contributed by atoms with Crippen molar-refractivity contribution in [1.29, 1.82) is 0 Å². The van der Waals surface area contributed by atoms with Crippen LogP contribution in [0.2, 0.25) is 0 Å². The SMILES string of the molecule is C=C(Br)/C(Br)=C(Br)\C(Br)=C\NCc1ccccc1. The van der Waals surface area contributed by atoms with Crippen molar-refractivity contribution in [2.45, 2.75) is 6.54 Å². The van der Waals surface area contributed by atoms with Crippen LogP contribution in [0.25, 0.3) is 0 Å². The van der Waals surface area contributed by atoms with Gasteiger partial charge < -0.3 is 5.32 Å². The molecule has 0 aliphatic carbocycles. The van der Waals surface area contributed by atoms with Crippen molar-refractivity contribution in [3.63, 3.8) is 0 Å². The highest BCUT2D eigenvalue weighted by Gasteiger charge is 2.05. The first-order valence-corrected chi connectivity index (χ1v) is 8.23. The highest BCUT2D eigenvalue weighted by Crippen LogP contribution is 2.34. The molecule has 0 aromatic heterocycles. The van der Waals surface area contributed by atoms with Crippen molar-refractivity contribution in [1.82, 2.24) is 5.32 Å². The van der Waals surface area contributed by atoms with E-state index in [1.807, 2.05) is 24.4 Å². The minimum absolute atomic E-state index is 0.780. The molecule has 0 saturated carbocycles. The van der Waals surface area contributed by atoms with Crippen LogP contribution in [0.15, 0.2) is 61.0 Å². The quantitative estimate of drug-likeness (QED) is 0.495. The molecule has 96 valence electrons. The third kappa shape index (κ3) is 5.43. The van der Waals surface area contributed by atoms with Crippen molar-refractivity contribution in [2.75, 3.05) is 0 Å². The van der Waals surface area contributed by atoms with E-state index in [4.69, 9.17) is 0 Å². The highest BCUT2D eigenvalue weighted by atomic mass is 79.9. The molecule has 0 fully saturated rings. The topological polar surface area (TPSA) is 12.0 Å². The van der Waals surface area contributed by atoms with Gasteiger partial charge in [0, 0.05) is 30.7 Å². The van der Waals surface area contributed by atoms with E-state index >= 15 is 0 Å². The van der Waals surface area contributed by atoms with Gasteiger partial charge >= 0.3 is 0 Å². The molecule has 18 heavy (non-hydrogen) atoms. The summed E-state index contributed by atoms with van der Waals surface area (Å²) in [5.41, 5.74) is 1.23. The smallest absolute Gasteiger partial charge is 0.0486 e. The Bertz CT molecular complexity index is 477. The molecular weight excluding hydrogens is 490 g/mol. The fourth-order valence-corrected chi connectivity index (χ4v) is 2.80. The molecule has 0 aliphatic rings. The van der Waals surface area contributed by atoms with E-state index in [0.717, 1.165) is 24.5 Å². The Hall–Kier alpha value is 0.160. The summed E-state index contributed by atoms with van der Waals surface area (Å²) in [6.45, 7) is 4.58. The van der Waals surface area contributed by atoms with Gasteiger partial charge in [-0.3, -0.25) is 0 Å². The second kappa shape index (κ2) is 8.35. The molecule has 1 aromatic carbocycles. The fourth-order valence-electron chi connectivity index (χ4n) is 1.14. The van der Waals surface area contributed by atoms with Crippen molar-refractivity contribution in [3.05, 3.63) is 66.6 Å². The van der Waals surface area contributed by atoms with E-state index in [0.29, 0.717) is 0 Å². The Morgan fingerprint density at radius 1 is 1.06 bits per heavy atom. The van der Waals surface area contributed by atoms with E-state index < -0.39 is 0 Å². The summed E-state index contributed by atoms with van der Waals surface area (Å²) in [6, 6.07) is 10.2. The molecular formula is C13H11Br4N. The van der Waals surface area contributed by atoms with Crippen LogP contribution in [0, 0.1) is 0 Å². The number of benzene rings is 1. The minimum atomic E-state index is 0.780. The van der Waals surface area contributed by atoms with E-state index in [9.17, 15) is 0 Å². The largest absolute Gasteiger partial charge is 0.386 e. The Kier molecular flexibility index (Phi) is 7.53. The molecule has 0 spiro atoms. The van der Waals surface area contributed by atoms with E-state index in [-0.39, 0.29) is 0 Å². The van der Waals surface area contributed by atoms with Gasteiger partial charge in [0.25, 0.3) is 0 Å². The Morgan fingerprint density at radius 2 is 1.67 bits per heavy atom. The summed E-state index contributed by atoms with van der Waals surface area (Å²) in [4.78, 5) is 0. The molecule has 1 rings (SSSR count). The molecule has 0 radical (unpaired) electrons. The van der Waals surface area contributed by atoms with Crippen LogP contribution in [-0.4, -0.2) is 0 Å². The Labute approximate surface area is 141 Å². The van der Waals surface area contributed by atoms with Gasteiger partial charge in [-0.2, -0.15) is 0 Å². The summed E-state index contributed by atoms with van der Waals surface area (Å²) in [5.74, 6) is 0. The van der Waals surface area contributed by atoms with Gasteiger partial charge in [0.1, 0.15) is 0 Å². The zero-order chi connectivity index (χ0) is 13.5. The molecule has 0 atom stereocenters. The average molecular weight is 501 g/mol. The number of hydrogen-bond acceptors (Lipinski definition) is 1. The lowest BCUT2D eigenvalue weighted by molar-refractivity contribution is 0.869. The van der Waals surface area contributed by atoms with Gasteiger partial charge in [0.05, 0.1) is 0 Å². The van der Waals surface area contributed by atoms with E-state index in [1.165, 1.54) is 5.56 Å². The maximum atomic E-state index is 3.80. The van der Waals surface area contributed by atoms with Crippen LogP contribution in [-0.2, 0) is 6.54 Å². The molecule has 0 amide bonds. The first-order chi connectivity index (χ1) is 8.52. The highest BCUT2D eigenvalue weighted by molar-refractivity contribution is 9.17. The summed E-state index contributed by atoms with van der Waals surface area (Å²) in [7, 11) is 0. The summed E-state index contributed by atoms with van der Waals surface area (Å²) < 4.78 is 3.45. The predicted octanol–water partition coefficient (Wildman–Crippen LogP) is 5.92. The van der Waals surface area contributed by atoms with Crippen LogP contribution in [0.1, 0.15) is 5.56 Å². The number of halogens is 4. The van der Waals surface area contributed by atoms with E-state index in [2.05, 4.69) is 87.7 Å². The number of rotatable bonds is 5. The lowest BCUT2D eigenvalue weighted by Crippen LogP contribution is -2.04. The fraction of sp³-hybridized carbons (Fsp3) is 0.0769. The molecule has 5 heteroatoms. The van der Waals surface area contributed by atoms with Crippen LogP contribution in [0.5, 0.6) is 0 Å². The lowest BCUT2D eigenvalue weighted by atomic mass is 10.2. The van der Waals surface area contributed by atoms with Crippen molar-refractivity contribution >= 4 is 63.7 Å². The van der Waals surface area contributed by atoms with Gasteiger partial charge in [0.15, 0.2) is 0 Å². The second-order valence-electron chi connectivity index (χ2n) is 3.39. The monoisotopic (exact) mass is 497 g/mol. The standard InChI is InChI=1S/C13H11Br4N/c1-9(14)12(16)13(17)11(15)8-18-7-10-5-3-2-4-6-10/h2-6,8,18H,1,7H2/b11-8-,13-12-. The zero-order valence-corrected chi connectivity index (χ0v) is 15.7. The van der Waals surface area contributed by atoms with Gasteiger partial charge in [-0.25, -0.2) is 0 Å². The van der Waals surface area contributed by atoms with Crippen molar-refractivity contribution in [2.24, 2.45) is 0 Å². The molecule has 0 unspecified atom stereocenters. The summed E-state index contributed by atoms with van der Waals surface area (Å²) >= 11 is 13.7. The van der Waals surface area contributed by atoms with Gasteiger partial charge in [-0.1, -0.05) is 52.8 Å². The molecule has 0 bridgehead atoms. The second-order valence-corrected chi connectivity index (χ2v) is 6.79. The van der Waals surface area contributed by atoms with Crippen molar-refractivity contribution < 1.29 is 0 Å². The number of nitrogens with one attached hydrogen (secondary N) is 1. The van der Waals surface area contributed by atoms with Crippen molar-refractivity contribution in [3.8, 4) is 0 Å². The molecule has 0 aliphatic heterocycles. The van der Waals surface area contributed by atoms with Gasteiger partial charge in [0.2, 0.25) is 0 Å². The average Bonchev–Trinajstić information content (AvgIpc) is 2.38.